The first-order chi connectivity index (χ1) is 23.5. The number of carbonyl (C=O) groups is 1. The summed E-state index contributed by atoms with van der Waals surface area (Å²) in [6, 6.07) is -0.845. The number of unbranched alkanes of at least 4 members (excludes halogenated alkanes) is 21. The summed E-state index contributed by atoms with van der Waals surface area (Å²) in [6.45, 7) is 4.73. The van der Waals surface area contributed by atoms with Gasteiger partial charge >= 0.3 is 7.82 Å². The van der Waals surface area contributed by atoms with Crippen LogP contribution in [0.1, 0.15) is 174 Å². The molecule has 0 aromatic rings. The standard InChI is InChI=1S/C40H79N2O6P/c1-6-8-10-12-14-16-18-19-20-21-22-23-24-25-27-29-31-33-39(43)38(37-48-49(45,46)47-36-35-42(3,4)5)41-40(44)34-32-30-28-26-17-15-13-11-9-7-2/h11,13,31,33,38-39,43H,6-10,12,14-30,32,34-37H2,1-5H3,(H-,41,44,45,46)/p+1/b13-11-,33-31+. The van der Waals surface area contributed by atoms with E-state index in [9.17, 15) is 19.4 Å². The van der Waals surface area contributed by atoms with Crippen molar-refractivity contribution < 1.29 is 32.9 Å². The highest BCUT2D eigenvalue weighted by Crippen LogP contribution is 2.43. The van der Waals surface area contributed by atoms with Gasteiger partial charge in [-0.3, -0.25) is 13.8 Å². The fourth-order valence-corrected chi connectivity index (χ4v) is 6.37. The van der Waals surface area contributed by atoms with Gasteiger partial charge in [0.1, 0.15) is 13.2 Å². The van der Waals surface area contributed by atoms with Crippen molar-refractivity contribution in [2.45, 2.75) is 187 Å². The lowest BCUT2D eigenvalue weighted by molar-refractivity contribution is -0.870. The lowest BCUT2D eigenvalue weighted by Crippen LogP contribution is -2.45. The van der Waals surface area contributed by atoms with Gasteiger partial charge in [0.2, 0.25) is 5.91 Å². The molecule has 0 saturated heterocycles. The summed E-state index contributed by atoms with van der Waals surface area (Å²) < 4.78 is 23.4. The molecule has 290 valence electrons. The summed E-state index contributed by atoms with van der Waals surface area (Å²) in [5.41, 5.74) is 0. The van der Waals surface area contributed by atoms with E-state index in [2.05, 4.69) is 31.3 Å². The maximum Gasteiger partial charge on any atom is 0.472 e. The highest BCUT2D eigenvalue weighted by Gasteiger charge is 2.27. The normalized spacial score (nSPS) is 14.8. The third-order valence-corrected chi connectivity index (χ3v) is 9.88. The molecule has 0 aliphatic rings. The number of rotatable bonds is 36. The monoisotopic (exact) mass is 716 g/mol. The number of amides is 1. The van der Waals surface area contributed by atoms with Crippen molar-refractivity contribution in [3.8, 4) is 0 Å². The van der Waals surface area contributed by atoms with E-state index in [1.54, 1.807) is 6.08 Å². The molecule has 3 unspecified atom stereocenters. The second-order valence-corrected chi connectivity index (χ2v) is 16.5. The molecule has 0 bridgehead atoms. The number of allylic oxidation sites excluding steroid dienone is 3. The average Bonchev–Trinajstić information content (AvgIpc) is 3.04. The molecule has 0 spiro atoms. The summed E-state index contributed by atoms with van der Waals surface area (Å²) in [4.78, 5) is 23.0. The van der Waals surface area contributed by atoms with Crippen LogP contribution in [-0.4, -0.2) is 73.4 Å². The molecule has 49 heavy (non-hydrogen) atoms. The number of phosphoric acid groups is 1. The van der Waals surface area contributed by atoms with E-state index in [0.717, 1.165) is 57.8 Å². The molecule has 0 rings (SSSR count). The van der Waals surface area contributed by atoms with Crippen LogP contribution in [0.2, 0.25) is 0 Å². The fraction of sp³-hybridized carbons (Fsp3) is 0.875. The number of hydrogen-bond donors (Lipinski definition) is 3. The Morgan fingerprint density at radius 2 is 1.14 bits per heavy atom. The van der Waals surface area contributed by atoms with Gasteiger partial charge in [-0.15, -0.1) is 0 Å². The Labute approximate surface area is 303 Å². The maximum atomic E-state index is 12.8. The molecule has 0 radical (unpaired) electrons. The van der Waals surface area contributed by atoms with Crippen LogP contribution in [0.25, 0.3) is 0 Å². The highest BCUT2D eigenvalue weighted by molar-refractivity contribution is 7.47. The molecule has 3 N–H and O–H groups in total. The number of quaternary nitrogens is 1. The van der Waals surface area contributed by atoms with Crippen molar-refractivity contribution >= 4 is 13.7 Å². The van der Waals surface area contributed by atoms with Crippen molar-refractivity contribution in [1.82, 2.24) is 5.32 Å². The van der Waals surface area contributed by atoms with Gasteiger partial charge in [-0.25, -0.2) is 4.57 Å². The molecule has 0 aromatic heterocycles. The Morgan fingerprint density at radius 1 is 0.673 bits per heavy atom. The predicted molar refractivity (Wildman–Crippen MR) is 208 cm³/mol. The second-order valence-electron chi connectivity index (χ2n) is 15.0. The molecule has 0 aliphatic heterocycles. The van der Waals surface area contributed by atoms with Crippen molar-refractivity contribution in [1.29, 1.82) is 0 Å². The third-order valence-electron chi connectivity index (χ3n) is 8.90. The Bertz CT molecular complexity index is 860. The Kier molecular flexibility index (Phi) is 32.2. The smallest absolute Gasteiger partial charge is 0.387 e. The van der Waals surface area contributed by atoms with E-state index in [0.29, 0.717) is 17.4 Å². The zero-order chi connectivity index (χ0) is 36.5. The van der Waals surface area contributed by atoms with Gasteiger partial charge < -0.3 is 19.8 Å². The number of nitrogens with one attached hydrogen (secondary N) is 1. The van der Waals surface area contributed by atoms with E-state index in [-0.39, 0.29) is 19.1 Å². The first-order valence-corrected chi connectivity index (χ1v) is 21.7. The summed E-state index contributed by atoms with van der Waals surface area (Å²) >= 11 is 0. The number of carbonyl (C=O) groups excluding carboxylic acids is 1. The number of nitrogens with zero attached hydrogens (tertiary/aromatic N) is 1. The minimum atomic E-state index is -4.33. The lowest BCUT2D eigenvalue weighted by Gasteiger charge is -2.25. The summed E-state index contributed by atoms with van der Waals surface area (Å²) in [5, 5.41) is 13.7. The molecule has 1 amide bonds. The summed E-state index contributed by atoms with van der Waals surface area (Å²) in [7, 11) is 1.56. The molecule has 3 atom stereocenters. The first kappa shape index (κ1) is 48.0. The molecular formula is C40H80N2O6P+. The minimum absolute atomic E-state index is 0.0606. The summed E-state index contributed by atoms with van der Waals surface area (Å²) in [5.74, 6) is -0.190. The Balaban J connectivity index is 4.46. The van der Waals surface area contributed by atoms with Crippen LogP contribution in [0.3, 0.4) is 0 Å². The van der Waals surface area contributed by atoms with Crippen LogP contribution < -0.4 is 5.32 Å². The lowest BCUT2D eigenvalue weighted by atomic mass is 10.0. The minimum Gasteiger partial charge on any atom is -0.387 e. The van der Waals surface area contributed by atoms with Crippen molar-refractivity contribution in [3.05, 3.63) is 24.3 Å². The van der Waals surface area contributed by atoms with Gasteiger partial charge in [0.05, 0.1) is 39.9 Å². The van der Waals surface area contributed by atoms with E-state index in [4.69, 9.17) is 9.05 Å². The van der Waals surface area contributed by atoms with E-state index in [1.165, 1.54) is 96.3 Å². The number of phosphoric ester groups is 1. The molecule has 9 heteroatoms. The quantitative estimate of drug-likeness (QED) is 0.0258. The van der Waals surface area contributed by atoms with Gasteiger partial charge in [-0.05, 0) is 38.5 Å². The van der Waals surface area contributed by atoms with E-state index in [1.807, 2.05) is 27.2 Å². The van der Waals surface area contributed by atoms with Gasteiger partial charge in [0.15, 0.2) is 0 Å². The second kappa shape index (κ2) is 32.9. The van der Waals surface area contributed by atoms with Crippen LogP contribution in [0, 0.1) is 0 Å². The SMILES string of the molecule is CCC/C=C\CCCCCCCC(=O)NC(COP(=O)(O)OCC[N+](C)(C)C)C(O)/C=C/CCCCCCCCCCCCCCCCC. The molecule has 0 saturated carbocycles. The molecule has 8 nitrogen and oxygen atoms in total. The predicted octanol–water partition coefficient (Wildman–Crippen LogP) is 10.6. The zero-order valence-electron chi connectivity index (χ0n) is 32.7. The Hall–Kier alpha value is -1.02. The largest absolute Gasteiger partial charge is 0.472 e. The average molecular weight is 716 g/mol. The first-order valence-electron chi connectivity index (χ1n) is 20.2. The molecule has 0 heterocycles. The third kappa shape index (κ3) is 35.2. The molecule has 0 aliphatic carbocycles. The molecule has 0 fully saturated rings. The fourth-order valence-electron chi connectivity index (χ4n) is 5.63. The van der Waals surface area contributed by atoms with Crippen LogP contribution in [0.4, 0.5) is 0 Å². The zero-order valence-corrected chi connectivity index (χ0v) is 33.6. The van der Waals surface area contributed by atoms with Gasteiger partial charge in [-0.2, -0.15) is 0 Å². The van der Waals surface area contributed by atoms with Crippen molar-refractivity contribution in [2.24, 2.45) is 0 Å². The maximum absolute atomic E-state index is 12.8. The van der Waals surface area contributed by atoms with Crippen LogP contribution >= 0.6 is 7.82 Å². The number of aliphatic hydroxyl groups is 1. The number of aliphatic hydroxyl groups excluding tert-OH is 1. The van der Waals surface area contributed by atoms with E-state index < -0.39 is 20.0 Å². The highest BCUT2D eigenvalue weighted by atomic mass is 31.2. The van der Waals surface area contributed by atoms with Gasteiger partial charge in [-0.1, -0.05) is 154 Å². The van der Waals surface area contributed by atoms with Gasteiger partial charge in [0.25, 0.3) is 0 Å². The van der Waals surface area contributed by atoms with Crippen molar-refractivity contribution in [2.75, 3.05) is 40.9 Å². The van der Waals surface area contributed by atoms with E-state index >= 15 is 0 Å². The summed E-state index contributed by atoms with van der Waals surface area (Å²) in [6.07, 6.45) is 36.7. The van der Waals surface area contributed by atoms with Crippen LogP contribution in [-0.2, 0) is 18.4 Å². The molecular weight excluding hydrogens is 635 g/mol. The Morgan fingerprint density at radius 3 is 1.65 bits per heavy atom. The van der Waals surface area contributed by atoms with Crippen LogP contribution in [0.5, 0.6) is 0 Å². The number of likely N-dealkylation sites (N-methyl/N-ethyl adjacent to an activating group) is 1. The van der Waals surface area contributed by atoms with Crippen LogP contribution in [0.15, 0.2) is 24.3 Å². The van der Waals surface area contributed by atoms with Gasteiger partial charge in [0, 0.05) is 6.42 Å². The number of hydrogen-bond acceptors (Lipinski definition) is 5. The molecule has 0 aromatic carbocycles. The van der Waals surface area contributed by atoms with Crippen molar-refractivity contribution in [3.63, 3.8) is 0 Å². The topological polar surface area (TPSA) is 105 Å².